The first-order chi connectivity index (χ1) is 14.3. The van der Waals surface area contributed by atoms with Gasteiger partial charge in [0.2, 0.25) is 0 Å². The van der Waals surface area contributed by atoms with E-state index in [1.165, 1.54) is 0 Å². The van der Waals surface area contributed by atoms with Crippen molar-refractivity contribution >= 4 is 17.4 Å². The van der Waals surface area contributed by atoms with E-state index in [1.807, 2.05) is 54.6 Å². The van der Waals surface area contributed by atoms with Crippen molar-refractivity contribution < 1.29 is 14.3 Å². The van der Waals surface area contributed by atoms with Crippen molar-refractivity contribution in [1.29, 1.82) is 0 Å². The van der Waals surface area contributed by atoms with Crippen LogP contribution < -0.4 is 15.4 Å². The van der Waals surface area contributed by atoms with E-state index < -0.39 is 0 Å². The van der Waals surface area contributed by atoms with Crippen LogP contribution in [0, 0.1) is 0 Å². The Hall–Kier alpha value is -3.38. The Morgan fingerprint density at radius 2 is 1.86 bits per heavy atom. The van der Waals surface area contributed by atoms with Gasteiger partial charge in [-0.25, -0.2) is 4.98 Å². The molecule has 2 N–H and O–H groups in total. The topological polar surface area (TPSA) is 72.5 Å². The number of ether oxygens (including phenoxy) is 2. The highest BCUT2D eigenvalue weighted by Gasteiger charge is 2.16. The fourth-order valence-corrected chi connectivity index (χ4v) is 3.13. The van der Waals surface area contributed by atoms with E-state index in [9.17, 15) is 4.79 Å². The molecule has 0 aliphatic carbocycles. The Morgan fingerprint density at radius 1 is 1.07 bits per heavy atom. The summed E-state index contributed by atoms with van der Waals surface area (Å²) < 4.78 is 11.3. The molecule has 4 rings (SSSR count). The largest absolute Gasteiger partial charge is 0.457 e. The Kier molecular flexibility index (Phi) is 6.02. The number of pyridine rings is 1. The van der Waals surface area contributed by atoms with Crippen molar-refractivity contribution in [3.8, 4) is 11.5 Å². The van der Waals surface area contributed by atoms with Gasteiger partial charge in [0.05, 0.1) is 6.10 Å². The first-order valence-corrected chi connectivity index (χ1v) is 9.72. The van der Waals surface area contributed by atoms with Gasteiger partial charge in [0, 0.05) is 30.6 Å². The van der Waals surface area contributed by atoms with Crippen molar-refractivity contribution in [2.45, 2.75) is 18.9 Å². The third kappa shape index (κ3) is 5.33. The average molecular weight is 389 g/mol. The van der Waals surface area contributed by atoms with E-state index >= 15 is 0 Å². The fourth-order valence-electron chi connectivity index (χ4n) is 3.13. The van der Waals surface area contributed by atoms with E-state index in [4.69, 9.17) is 9.47 Å². The molecule has 148 valence electrons. The summed E-state index contributed by atoms with van der Waals surface area (Å²) in [7, 11) is 0. The molecule has 6 heteroatoms. The molecule has 1 aromatic heterocycles. The number of hydrogen-bond donors (Lipinski definition) is 2. The van der Waals surface area contributed by atoms with Crippen molar-refractivity contribution in [3.63, 3.8) is 0 Å². The lowest BCUT2D eigenvalue weighted by atomic mass is 10.2. The van der Waals surface area contributed by atoms with Crippen LogP contribution in [0.2, 0.25) is 0 Å². The second kappa shape index (κ2) is 9.21. The predicted octanol–water partition coefficient (Wildman–Crippen LogP) is 4.53. The molecule has 2 heterocycles. The van der Waals surface area contributed by atoms with Gasteiger partial charge in [-0.05, 0) is 61.4 Å². The van der Waals surface area contributed by atoms with Gasteiger partial charge in [-0.3, -0.25) is 4.79 Å². The van der Waals surface area contributed by atoms with Crippen LogP contribution in [0.3, 0.4) is 0 Å². The minimum atomic E-state index is -0.127. The molecule has 1 saturated heterocycles. The van der Waals surface area contributed by atoms with Crippen LogP contribution in [0.25, 0.3) is 0 Å². The van der Waals surface area contributed by atoms with Crippen molar-refractivity contribution in [3.05, 3.63) is 78.5 Å². The number of carbonyl (C=O) groups excluding carboxylic acids is 1. The quantitative estimate of drug-likeness (QED) is 0.621. The second-order valence-corrected chi connectivity index (χ2v) is 6.84. The SMILES string of the molecule is O=C(NCC1CCCO1)c1ccnc(Nc2ccc(Oc3ccccc3)cc2)c1. The molecular formula is C23H23N3O3. The van der Waals surface area contributed by atoms with Crippen LogP contribution in [0.4, 0.5) is 11.5 Å². The maximum absolute atomic E-state index is 12.4. The number of nitrogens with one attached hydrogen (secondary N) is 2. The van der Waals surface area contributed by atoms with Gasteiger partial charge >= 0.3 is 0 Å². The van der Waals surface area contributed by atoms with E-state index in [0.717, 1.165) is 36.6 Å². The molecule has 2 aromatic carbocycles. The van der Waals surface area contributed by atoms with E-state index in [1.54, 1.807) is 18.3 Å². The van der Waals surface area contributed by atoms with Crippen molar-refractivity contribution in [2.24, 2.45) is 0 Å². The van der Waals surface area contributed by atoms with E-state index in [0.29, 0.717) is 17.9 Å². The van der Waals surface area contributed by atoms with Crippen molar-refractivity contribution in [2.75, 3.05) is 18.5 Å². The fraction of sp³-hybridized carbons (Fsp3) is 0.217. The lowest BCUT2D eigenvalue weighted by Crippen LogP contribution is -2.31. The number of para-hydroxylation sites is 1. The number of aromatic nitrogens is 1. The molecule has 1 unspecified atom stereocenters. The maximum atomic E-state index is 12.4. The summed E-state index contributed by atoms with van der Waals surface area (Å²) >= 11 is 0. The number of hydrogen-bond acceptors (Lipinski definition) is 5. The summed E-state index contributed by atoms with van der Waals surface area (Å²) in [6.07, 6.45) is 3.79. The molecule has 1 fully saturated rings. The summed E-state index contributed by atoms with van der Waals surface area (Å²) in [5.41, 5.74) is 1.42. The number of nitrogens with zero attached hydrogens (tertiary/aromatic N) is 1. The number of anilines is 2. The zero-order chi connectivity index (χ0) is 19.9. The highest BCUT2D eigenvalue weighted by Crippen LogP contribution is 2.24. The summed E-state index contributed by atoms with van der Waals surface area (Å²) in [4.78, 5) is 16.7. The molecule has 0 radical (unpaired) electrons. The van der Waals surface area contributed by atoms with Gasteiger partial charge in [0.1, 0.15) is 17.3 Å². The zero-order valence-electron chi connectivity index (χ0n) is 16.0. The molecular weight excluding hydrogens is 366 g/mol. The summed E-state index contributed by atoms with van der Waals surface area (Å²) in [6, 6.07) is 20.6. The monoisotopic (exact) mass is 389 g/mol. The van der Waals surface area contributed by atoms with Gasteiger partial charge < -0.3 is 20.1 Å². The van der Waals surface area contributed by atoms with Crippen LogP contribution in [0.1, 0.15) is 23.2 Å². The van der Waals surface area contributed by atoms with Gasteiger partial charge in [0.25, 0.3) is 5.91 Å². The highest BCUT2D eigenvalue weighted by molar-refractivity contribution is 5.94. The molecule has 1 aliphatic rings. The zero-order valence-corrected chi connectivity index (χ0v) is 16.0. The molecule has 1 atom stereocenters. The number of rotatable bonds is 7. The minimum Gasteiger partial charge on any atom is -0.457 e. The third-order valence-electron chi connectivity index (χ3n) is 4.64. The molecule has 3 aromatic rings. The first-order valence-electron chi connectivity index (χ1n) is 9.72. The summed E-state index contributed by atoms with van der Waals surface area (Å²) in [5, 5.41) is 6.14. The van der Waals surface area contributed by atoms with Crippen LogP contribution >= 0.6 is 0 Å². The Bertz CT molecular complexity index is 939. The predicted molar refractivity (Wildman–Crippen MR) is 112 cm³/mol. The Labute approximate surface area is 169 Å². The Balaban J connectivity index is 1.35. The van der Waals surface area contributed by atoms with Crippen LogP contribution in [0.5, 0.6) is 11.5 Å². The minimum absolute atomic E-state index is 0.120. The van der Waals surface area contributed by atoms with Gasteiger partial charge in [-0.15, -0.1) is 0 Å². The molecule has 0 saturated carbocycles. The second-order valence-electron chi connectivity index (χ2n) is 6.84. The molecule has 1 aliphatic heterocycles. The molecule has 1 amide bonds. The van der Waals surface area contributed by atoms with Gasteiger partial charge in [0.15, 0.2) is 0 Å². The molecule has 0 bridgehead atoms. The van der Waals surface area contributed by atoms with Crippen LogP contribution in [0.15, 0.2) is 72.9 Å². The standard InChI is InChI=1S/C23H23N3O3/c27-23(25-16-21-7-4-14-28-21)17-12-13-24-22(15-17)26-18-8-10-20(11-9-18)29-19-5-2-1-3-6-19/h1-3,5-6,8-13,15,21H,4,7,14,16H2,(H,24,26)(H,25,27). The summed E-state index contributed by atoms with van der Waals surface area (Å²) in [5.74, 6) is 2.01. The van der Waals surface area contributed by atoms with Crippen molar-refractivity contribution in [1.82, 2.24) is 10.3 Å². The number of benzene rings is 2. The van der Waals surface area contributed by atoms with E-state index in [-0.39, 0.29) is 12.0 Å². The first kappa shape index (κ1) is 19.0. The smallest absolute Gasteiger partial charge is 0.251 e. The highest BCUT2D eigenvalue weighted by atomic mass is 16.5. The Morgan fingerprint density at radius 3 is 2.62 bits per heavy atom. The maximum Gasteiger partial charge on any atom is 0.251 e. The van der Waals surface area contributed by atoms with E-state index in [2.05, 4.69) is 15.6 Å². The summed E-state index contributed by atoms with van der Waals surface area (Å²) in [6.45, 7) is 1.31. The van der Waals surface area contributed by atoms with Gasteiger partial charge in [-0.2, -0.15) is 0 Å². The molecule has 0 spiro atoms. The third-order valence-corrected chi connectivity index (χ3v) is 4.64. The number of carbonyl (C=O) groups is 1. The number of amides is 1. The molecule has 29 heavy (non-hydrogen) atoms. The molecule has 6 nitrogen and oxygen atoms in total. The van der Waals surface area contributed by atoms with Crippen LogP contribution in [-0.2, 0) is 4.74 Å². The lowest BCUT2D eigenvalue weighted by Gasteiger charge is -2.12. The van der Waals surface area contributed by atoms with Crippen LogP contribution in [-0.4, -0.2) is 30.1 Å². The normalized spacial score (nSPS) is 15.7. The van der Waals surface area contributed by atoms with Gasteiger partial charge in [-0.1, -0.05) is 18.2 Å². The lowest BCUT2D eigenvalue weighted by molar-refractivity contribution is 0.0857. The average Bonchev–Trinajstić information content (AvgIpc) is 3.28.